The second kappa shape index (κ2) is 25.5. The molecule has 0 aliphatic carbocycles. The number of rotatable bonds is 23. The zero-order chi connectivity index (χ0) is 44.7. The fourth-order valence-corrected chi connectivity index (χ4v) is 5.80. The molecule has 0 heterocycles. The van der Waals surface area contributed by atoms with Crippen LogP contribution in [0.25, 0.3) is 24.3 Å². The van der Waals surface area contributed by atoms with E-state index in [9.17, 15) is 19.2 Å². The quantitative estimate of drug-likeness (QED) is 0.0432. The first-order valence-corrected chi connectivity index (χ1v) is 20.7. The van der Waals surface area contributed by atoms with Gasteiger partial charge in [0, 0.05) is 25.2 Å². The van der Waals surface area contributed by atoms with Crippen molar-refractivity contribution in [2.24, 2.45) is 0 Å². The van der Waals surface area contributed by atoms with Crippen molar-refractivity contribution in [1.82, 2.24) is 21.3 Å². The largest absolute Gasteiger partial charge is 0.497 e. The van der Waals surface area contributed by atoms with E-state index >= 15 is 0 Å². The van der Waals surface area contributed by atoms with Crippen molar-refractivity contribution >= 4 is 47.9 Å². The van der Waals surface area contributed by atoms with Gasteiger partial charge in [-0.25, -0.2) is 0 Å². The average Bonchev–Trinajstić information content (AvgIpc) is 3.26. The van der Waals surface area contributed by atoms with Gasteiger partial charge in [-0.3, -0.25) is 19.2 Å². The Kier molecular flexibility index (Phi) is 19.6. The van der Waals surface area contributed by atoms with Gasteiger partial charge in [-0.15, -0.1) is 0 Å². The van der Waals surface area contributed by atoms with E-state index < -0.39 is 23.6 Å². The number of hydrogen-bond acceptors (Lipinski definition) is 8. The minimum atomic E-state index is -0.458. The zero-order valence-corrected chi connectivity index (χ0v) is 36.4. The summed E-state index contributed by atoms with van der Waals surface area (Å²) in [7, 11) is 3.17. The van der Waals surface area contributed by atoms with Crippen molar-refractivity contribution in [3.05, 3.63) is 143 Å². The number of amides is 4. The standard InChI is InChI=1S/C50H58N4O8/c1-35(2)61-43-25-15-39(16-26-43)33-45(53-47(55)29-19-37-11-21-41(59-5)22-12-37)49(57)51-31-9-7-8-10-32-52-50(58)46(34-40-17-27-44(28-18-40)62-36(3)4)54-48(56)30-20-38-13-23-42(60-6)24-14-38/h11-30,33-36H,7-10,31-32H2,1-6H3,(H,51,57)(H,52,58)(H,53,55)(H,54,56)/b29-19+,30-20+,45-33-,46-34-. The van der Waals surface area contributed by atoms with Gasteiger partial charge in [-0.1, -0.05) is 61.4 Å². The molecule has 0 spiro atoms. The molecule has 0 saturated heterocycles. The van der Waals surface area contributed by atoms with E-state index in [1.54, 1.807) is 62.8 Å². The molecule has 62 heavy (non-hydrogen) atoms. The van der Waals surface area contributed by atoms with Crippen LogP contribution in [0.3, 0.4) is 0 Å². The molecule has 0 aliphatic heterocycles. The van der Waals surface area contributed by atoms with E-state index in [4.69, 9.17) is 18.9 Å². The topological polar surface area (TPSA) is 153 Å². The highest BCUT2D eigenvalue weighted by Crippen LogP contribution is 2.18. The molecule has 12 nitrogen and oxygen atoms in total. The first-order valence-electron chi connectivity index (χ1n) is 20.7. The normalized spacial score (nSPS) is 11.7. The second-order valence-corrected chi connectivity index (χ2v) is 14.7. The summed E-state index contributed by atoms with van der Waals surface area (Å²) in [4.78, 5) is 52.6. The Hall–Kier alpha value is -7.08. The van der Waals surface area contributed by atoms with Crippen molar-refractivity contribution in [1.29, 1.82) is 0 Å². The first-order chi connectivity index (χ1) is 29.9. The Morgan fingerprint density at radius 2 is 0.790 bits per heavy atom. The second-order valence-electron chi connectivity index (χ2n) is 14.7. The highest BCUT2D eigenvalue weighted by atomic mass is 16.5. The van der Waals surface area contributed by atoms with Crippen LogP contribution in [-0.2, 0) is 19.2 Å². The number of benzene rings is 4. The van der Waals surface area contributed by atoms with Crippen LogP contribution >= 0.6 is 0 Å². The molecule has 0 atom stereocenters. The summed E-state index contributed by atoms with van der Waals surface area (Å²) in [5, 5.41) is 11.3. The van der Waals surface area contributed by atoms with Crippen molar-refractivity contribution in [2.45, 2.75) is 65.6 Å². The molecule has 4 amide bonds. The van der Waals surface area contributed by atoms with Crippen LogP contribution in [0.1, 0.15) is 75.6 Å². The summed E-state index contributed by atoms with van der Waals surface area (Å²) in [6.07, 6.45) is 12.2. The van der Waals surface area contributed by atoms with Gasteiger partial charge in [0.15, 0.2) is 0 Å². The number of unbranched alkanes of at least 4 members (excludes halogenated alkanes) is 3. The van der Waals surface area contributed by atoms with E-state index in [1.807, 2.05) is 100 Å². The number of ether oxygens (including phenoxy) is 4. The lowest BCUT2D eigenvalue weighted by Crippen LogP contribution is -2.35. The highest BCUT2D eigenvalue weighted by Gasteiger charge is 2.14. The molecule has 0 radical (unpaired) electrons. The molecule has 0 bridgehead atoms. The minimum absolute atomic E-state index is 0.0161. The average molecular weight is 843 g/mol. The summed E-state index contributed by atoms with van der Waals surface area (Å²) in [6, 6.07) is 29.0. The van der Waals surface area contributed by atoms with Crippen molar-refractivity contribution < 1.29 is 38.1 Å². The molecule has 4 aromatic carbocycles. The van der Waals surface area contributed by atoms with Crippen LogP contribution in [0, 0.1) is 0 Å². The van der Waals surface area contributed by atoms with Gasteiger partial charge < -0.3 is 40.2 Å². The molecule has 0 unspecified atom stereocenters. The molecular weight excluding hydrogens is 785 g/mol. The summed E-state index contributed by atoms with van der Waals surface area (Å²) in [6.45, 7) is 8.53. The third kappa shape index (κ3) is 17.6. The molecule has 0 aromatic heterocycles. The van der Waals surface area contributed by atoms with E-state index in [2.05, 4.69) is 21.3 Å². The van der Waals surface area contributed by atoms with Gasteiger partial charge in [-0.05, 0) is 136 Å². The fourth-order valence-electron chi connectivity index (χ4n) is 5.80. The van der Waals surface area contributed by atoms with Crippen LogP contribution in [-0.4, -0.2) is 63.1 Å². The molecule has 0 aliphatic rings. The zero-order valence-electron chi connectivity index (χ0n) is 36.4. The van der Waals surface area contributed by atoms with Gasteiger partial charge >= 0.3 is 0 Å². The number of hydrogen-bond donors (Lipinski definition) is 4. The maximum Gasteiger partial charge on any atom is 0.267 e. The van der Waals surface area contributed by atoms with Crippen molar-refractivity contribution in [2.75, 3.05) is 27.3 Å². The molecule has 4 aromatic rings. The number of nitrogens with one attached hydrogen (secondary N) is 4. The monoisotopic (exact) mass is 842 g/mol. The van der Waals surface area contributed by atoms with Gasteiger partial charge in [0.05, 0.1) is 26.4 Å². The SMILES string of the molecule is COc1ccc(/C=C/C(=O)N/C(=C\c2ccc(OC(C)C)cc2)C(=O)NCCCCCCNC(=O)/C(=C/c2ccc(OC(C)C)cc2)NC(=O)/C=C/c2ccc(OC)cc2)cc1. The van der Waals surface area contributed by atoms with Gasteiger partial charge in [-0.2, -0.15) is 0 Å². The number of carbonyl (C=O) groups is 4. The summed E-state index contributed by atoms with van der Waals surface area (Å²) in [5.41, 5.74) is 3.22. The Morgan fingerprint density at radius 1 is 0.468 bits per heavy atom. The summed E-state index contributed by atoms with van der Waals surface area (Å²) < 4.78 is 21.9. The lowest BCUT2D eigenvalue weighted by molar-refractivity contribution is -0.121. The lowest BCUT2D eigenvalue weighted by Gasteiger charge is -2.12. The van der Waals surface area contributed by atoms with Crippen LogP contribution < -0.4 is 40.2 Å². The maximum absolute atomic E-state index is 13.4. The van der Waals surface area contributed by atoms with Crippen LogP contribution in [0.5, 0.6) is 23.0 Å². The van der Waals surface area contributed by atoms with Crippen LogP contribution in [0.2, 0.25) is 0 Å². The summed E-state index contributed by atoms with van der Waals surface area (Å²) >= 11 is 0. The maximum atomic E-state index is 13.4. The number of methoxy groups -OCH3 is 2. The van der Waals surface area contributed by atoms with E-state index in [0.29, 0.717) is 60.1 Å². The van der Waals surface area contributed by atoms with Crippen molar-refractivity contribution in [3.63, 3.8) is 0 Å². The van der Waals surface area contributed by atoms with Gasteiger partial charge in [0.1, 0.15) is 34.4 Å². The number of carbonyl (C=O) groups excluding carboxylic acids is 4. The van der Waals surface area contributed by atoms with E-state index in [-0.39, 0.29) is 23.6 Å². The fraction of sp³-hybridized carbons (Fsp3) is 0.280. The molecule has 326 valence electrons. The molecule has 4 rings (SSSR count). The summed E-state index contributed by atoms with van der Waals surface area (Å²) in [5.74, 6) is 1.05. The van der Waals surface area contributed by atoms with Crippen molar-refractivity contribution in [3.8, 4) is 23.0 Å². The van der Waals surface area contributed by atoms with E-state index in [1.165, 1.54) is 12.2 Å². The third-order valence-electron chi connectivity index (χ3n) is 8.89. The third-order valence-corrected chi connectivity index (χ3v) is 8.89. The van der Waals surface area contributed by atoms with Crippen LogP contribution in [0.4, 0.5) is 0 Å². The minimum Gasteiger partial charge on any atom is -0.497 e. The Balaban J connectivity index is 1.29. The lowest BCUT2D eigenvalue weighted by atomic mass is 10.1. The Labute approximate surface area is 365 Å². The van der Waals surface area contributed by atoms with E-state index in [0.717, 1.165) is 24.0 Å². The molecular formula is C50H58N4O8. The molecule has 0 saturated carbocycles. The first kappa shape index (κ1) is 47.6. The smallest absolute Gasteiger partial charge is 0.267 e. The molecule has 0 fully saturated rings. The van der Waals surface area contributed by atoms with Gasteiger partial charge in [0.25, 0.3) is 11.8 Å². The predicted octanol–water partition coefficient (Wildman–Crippen LogP) is 8.11. The van der Waals surface area contributed by atoms with Gasteiger partial charge in [0.2, 0.25) is 11.8 Å². The Morgan fingerprint density at radius 3 is 1.11 bits per heavy atom. The predicted molar refractivity (Wildman–Crippen MR) is 245 cm³/mol. The Bertz CT molecular complexity index is 2010. The highest BCUT2D eigenvalue weighted by molar-refractivity contribution is 6.05. The molecule has 12 heteroatoms. The van der Waals surface area contributed by atoms with Crippen LogP contribution in [0.15, 0.2) is 121 Å². The molecule has 4 N–H and O–H groups in total.